The number of hydrogen-bond acceptors (Lipinski definition) is 2. The average Bonchev–Trinajstić information content (AvgIpc) is 2.56. The Kier molecular flexibility index (Phi) is 3.22. The molecule has 0 fully saturated rings. The SMILES string of the molecule is Cc1cc(C)c(C(N)c2cc(C)nn2C)c(F)c1. The number of aryl methyl sites for hydroxylation is 4. The molecule has 0 aliphatic rings. The monoisotopic (exact) mass is 247 g/mol. The number of halogens is 1. The highest BCUT2D eigenvalue weighted by molar-refractivity contribution is 5.38. The number of aromatic nitrogens is 2. The van der Waals surface area contributed by atoms with Gasteiger partial charge in [-0.2, -0.15) is 5.10 Å². The molecule has 1 atom stereocenters. The summed E-state index contributed by atoms with van der Waals surface area (Å²) in [6, 6.07) is 4.87. The van der Waals surface area contributed by atoms with E-state index in [1.807, 2.05) is 40.0 Å². The first-order valence-electron chi connectivity index (χ1n) is 5.93. The molecule has 3 nitrogen and oxygen atoms in total. The van der Waals surface area contributed by atoms with E-state index in [9.17, 15) is 4.39 Å². The van der Waals surface area contributed by atoms with Crippen LogP contribution in [-0.2, 0) is 7.05 Å². The summed E-state index contributed by atoms with van der Waals surface area (Å²) in [6.07, 6.45) is 0. The highest BCUT2D eigenvalue weighted by Crippen LogP contribution is 2.26. The predicted octanol–water partition coefficient (Wildman–Crippen LogP) is 2.53. The summed E-state index contributed by atoms with van der Waals surface area (Å²) in [6.45, 7) is 5.66. The van der Waals surface area contributed by atoms with Crippen molar-refractivity contribution in [1.29, 1.82) is 0 Å². The van der Waals surface area contributed by atoms with E-state index < -0.39 is 6.04 Å². The normalized spacial score (nSPS) is 12.8. The predicted molar refractivity (Wildman–Crippen MR) is 69.8 cm³/mol. The molecule has 2 rings (SSSR count). The zero-order valence-corrected chi connectivity index (χ0v) is 11.2. The molecule has 4 heteroatoms. The van der Waals surface area contributed by atoms with Crippen LogP contribution in [0.2, 0.25) is 0 Å². The molecule has 0 amide bonds. The van der Waals surface area contributed by atoms with Crippen LogP contribution in [0.25, 0.3) is 0 Å². The molecule has 0 radical (unpaired) electrons. The van der Waals surface area contributed by atoms with Gasteiger partial charge < -0.3 is 5.73 Å². The fraction of sp³-hybridized carbons (Fsp3) is 0.357. The minimum atomic E-state index is -0.489. The quantitative estimate of drug-likeness (QED) is 0.886. The molecule has 0 bridgehead atoms. The average molecular weight is 247 g/mol. The molecule has 18 heavy (non-hydrogen) atoms. The lowest BCUT2D eigenvalue weighted by Crippen LogP contribution is -2.18. The topological polar surface area (TPSA) is 43.8 Å². The molecule has 0 aliphatic heterocycles. The molecule has 2 aromatic rings. The van der Waals surface area contributed by atoms with E-state index in [2.05, 4.69) is 5.10 Å². The Morgan fingerprint density at radius 2 is 1.89 bits per heavy atom. The number of nitrogens with zero attached hydrogens (tertiary/aromatic N) is 2. The largest absolute Gasteiger partial charge is 0.319 e. The summed E-state index contributed by atoms with van der Waals surface area (Å²) in [4.78, 5) is 0. The number of hydrogen-bond donors (Lipinski definition) is 1. The Morgan fingerprint density at radius 1 is 1.22 bits per heavy atom. The maximum atomic E-state index is 14.1. The summed E-state index contributed by atoms with van der Waals surface area (Å²) in [5.74, 6) is -0.251. The molecule has 96 valence electrons. The highest BCUT2D eigenvalue weighted by atomic mass is 19.1. The van der Waals surface area contributed by atoms with Crippen LogP contribution < -0.4 is 5.73 Å². The molecule has 1 heterocycles. The lowest BCUT2D eigenvalue weighted by Gasteiger charge is -2.16. The van der Waals surface area contributed by atoms with E-state index in [4.69, 9.17) is 5.73 Å². The van der Waals surface area contributed by atoms with E-state index >= 15 is 0 Å². The van der Waals surface area contributed by atoms with Crippen molar-refractivity contribution >= 4 is 0 Å². The van der Waals surface area contributed by atoms with Gasteiger partial charge in [-0.15, -0.1) is 0 Å². The van der Waals surface area contributed by atoms with Gasteiger partial charge in [0.1, 0.15) is 5.82 Å². The second kappa shape index (κ2) is 4.53. The molecule has 2 N–H and O–H groups in total. The third-order valence-electron chi connectivity index (χ3n) is 3.15. The summed E-state index contributed by atoms with van der Waals surface area (Å²) < 4.78 is 15.8. The lowest BCUT2D eigenvalue weighted by molar-refractivity contribution is 0.582. The molecule has 0 saturated carbocycles. The maximum Gasteiger partial charge on any atom is 0.128 e. The van der Waals surface area contributed by atoms with Gasteiger partial charge in [-0.25, -0.2) is 4.39 Å². The van der Waals surface area contributed by atoms with E-state index in [1.165, 1.54) is 6.07 Å². The Morgan fingerprint density at radius 3 is 2.39 bits per heavy atom. The van der Waals surface area contributed by atoms with Gasteiger partial charge in [-0.05, 0) is 44.0 Å². The lowest BCUT2D eigenvalue weighted by atomic mass is 9.97. The van der Waals surface area contributed by atoms with Crippen LogP contribution in [0.5, 0.6) is 0 Å². The minimum Gasteiger partial charge on any atom is -0.319 e. The van der Waals surface area contributed by atoms with E-state index in [1.54, 1.807) is 4.68 Å². The Hall–Kier alpha value is -1.68. The van der Waals surface area contributed by atoms with Crippen LogP contribution in [0, 0.1) is 26.6 Å². The van der Waals surface area contributed by atoms with Crippen molar-refractivity contribution < 1.29 is 4.39 Å². The zero-order chi connectivity index (χ0) is 13.4. The van der Waals surface area contributed by atoms with Crippen LogP contribution in [-0.4, -0.2) is 9.78 Å². The summed E-state index contributed by atoms with van der Waals surface area (Å²) in [5.41, 5.74) is 10.2. The van der Waals surface area contributed by atoms with Gasteiger partial charge in [0, 0.05) is 12.6 Å². The van der Waals surface area contributed by atoms with Gasteiger partial charge in [0.05, 0.1) is 17.4 Å². The third-order valence-corrected chi connectivity index (χ3v) is 3.15. The van der Waals surface area contributed by atoms with Gasteiger partial charge in [0.25, 0.3) is 0 Å². The Balaban J connectivity index is 2.52. The van der Waals surface area contributed by atoms with Crippen LogP contribution in [0.4, 0.5) is 4.39 Å². The number of nitrogens with two attached hydrogens (primary N) is 1. The van der Waals surface area contributed by atoms with Crippen molar-refractivity contribution in [3.63, 3.8) is 0 Å². The van der Waals surface area contributed by atoms with Crippen molar-refractivity contribution in [2.75, 3.05) is 0 Å². The maximum absolute atomic E-state index is 14.1. The standard InChI is InChI=1S/C14H18FN3/c1-8-5-9(2)13(11(15)6-8)14(16)12-7-10(3)17-18(12)4/h5-7,14H,16H2,1-4H3. The van der Waals surface area contributed by atoms with Gasteiger partial charge in [0.2, 0.25) is 0 Å². The minimum absolute atomic E-state index is 0.251. The summed E-state index contributed by atoms with van der Waals surface area (Å²) >= 11 is 0. The van der Waals surface area contributed by atoms with E-state index in [0.29, 0.717) is 5.56 Å². The van der Waals surface area contributed by atoms with E-state index in [0.717, 1.165) is 22.5 Å². The van der Waals surface area contributed by atoms with E-state index in [-0.39, 0.29) is 5.82 Å². The summed E-state index contributed by atoms with van der Waals surface area (Å²) in [5, 5.41) is 4.25. The smallest absolute Gasteiger partial charge is 0.128 e. The molecule has 0 aliphatic carbocycles. The first kappa shape index (κ1) is 12.8. The van der Waals surface area contributed by atoms with Gasteiger partial charge in [0.15, 0.2) is 0 Å². The fourth-order valence-corrected chi connectivity index (χ4v) is 2.39. The second-order valence-corrected chi connectivity index (χ2v) is 4.79. The van der Waals surface area contributed by atoms with Crippen molar-refractivity contribution in [1.82, 2.24) is 9.78 Å². The zero-order valence-electron chi connectivity index (χ0n) is 11.2. The van der Waals surface area contributed by atoms with Gasteiger partial charge in [-0.3, -0.25) is 4.68 Å². The first-order chi connectivity index (χ1) is 8.40. The first-order valence-corrected chi connectivity index (χ1v) is 5.93. The highest BCUT2D eigenvalue weighted by Gasteiger charge is 2.19. The molecule has 0 spiro atoms. The molecular weight excluding hydrogens is 229 g/mol. The van der Waals surface area contributed by atoms with Crippen molar-refractivity contribution in [3.05, 3.63) is 52.1 Å². The van der Waals surface area contributed by atoms with Crippen molar-refractivity contribution in [2.45, 2.75) is 26.8 Å². The van der Waals surface area contributed by atoms with Crippen LogP contribution in [0.1, 0.15) is 34.1 Å². The fourth-order valence-electron chi connectivity index (χ4n) is 2.39. The Bertz CT molecular complexity index is 564. The number of rotatable bonds is 2. The van der Waals surface area contributed by atoms with Gasteiger partial charge in [-0.1, -0.05) is 6.07 Å². The van der Waals surface area contributed by atoms with Crippen molar-refractivity contribution in [2.24, 2.45) is 12.8 Å². The van der Waals surface area contributed by atoms with Gasteiger partial charge >= 0.3 is 0 Å². The van der Waals surface area contributed by atoms with Crippen LogP contribution >= 0.6 is 0 Å². The summed E-state index contributed by atoms with van der Waals surface area (Å²) in [7, 11) is 1.82. The number of benzene rings is 1. The molecular formula is C14H18FN3. The molecule has 1 unspecified atom stereocenters. The molecule has 0 saturated heterocycles. The van der Waals surface area contributed by atoms with Crippen molar-refractivity contribution in [3.8, 4) is 0 Å². The van der Waals surface area contributed by atoms with Crippen LogP contribution in [0.3, 0.4) is 0 Å². The molecule has 1 aromatic carbocycles. The second-order valence-electron chi connectivity index (χ2n) is 4.79. The third kappa shape index (κ3) is 2.16. The molecule has 1 aromatic heterocycles. The Labute approximate surface area is 106 Å². The van der Waals surface area contributed by atoms with Crippen LogP contribution in [0.15, 0.2) is 18.2 Å².